The van der Waals surface area contributed by atoms with E-state index in [9.17, 15) is 9.59 Å². The van der Waals surface area contributed by atoms with E-state index in [4.69, 9.17) is 0 Å². The molecule has 0 aliphatic heterocycles. The number of benzene rings is 1. The van der Waals surface area contributed by atoms with Crippen molar-refractivity contribution < 1.29 is 14.4 Å². The number of nitrogens with one attached hydrogen (secondary N) is 1. The van der Waals surface area contributed by atoms with Crippen molar-refractivity contribution in [1.29, 1.82) is 0 Å². The second-order valence-electron chi connectivity index (χ2n) is 4.17. The summed E-state index contributed by atoms with van der Waals surface area (Å²) in [4.78, 5) is 27.7. The van der Waals surface area contributed by atoms with Crippen LogP contribution in [0.2, 0.25) is 0 Å². The molecule has 1 N–H and O–H groups in total. The highest BCUT2D eigenvalue weighted by atomic mass is 16.6. The van der Waals surface area contributed by atoms with Crippen molar-refractivity contribution in [2.75, 3.05) is 14.2 Å². The molecule has 5 nitrogen and oxygen atoms in total. The van der Waals surface area contributed by atoms with Crippen LogP contribution in [0.15, 0.2) is 23.4 Å². The summed E-state index contributed by atoms with van der Waals surface area (Å²) in [7, 11) is 2.92. The van der Waals surface area contributed by atoms with Gasteiger partial charge in [0.25, 0.3) is 5.91 Å². The number of carbonyl (C=O) groups is 2. The van der Waals surface area contributed by atoms with Crippen molar-refractivity contribution >= 4 is 17.4 Å². The average molecular weight is 262 g/mol. The molecule has 1 amide bonds. The summed E-state index contributed by atoms with van der Waals surface area (Å²) in [5.41, 5.74) is 2.77. The number of oxime groups is 1. The zero-order valence-electron chi connectivity index (χ0n) is 11.6. The van der Waals surface area contributed by atoms with Gasteiger partial charge in [-0.2, -0.15) is 0 Å². The maximum atomic E-state index is 11.6. The maximum Gasteiger partial charge on any atom is 0.269 e. The molecule has 0 aliphatic carbocycles. The van der Waals surface area contributed by atoms with Gasteiger partial charge in [0.15, 0.2) is 5.78 Å². The number of ketones is 1. The molecule has 0 bridgehead atoms. The summed E-state index contributed by atoms with van der Waals surface area (Å²) < 4.78 is 0. The predicted molar refractivity (Wildman–Crippen MR) is 73.4 cm³/mol. The fraction of sp³-hybridized carbons (Fsp3) is 0.357. The maximum absolute atomic E-state index is 11.6. The minimum absolute atomic E-state index is 0.00794. The number of Topliss-reactive ketones (excluding diaryl/α,β-unsaturated/α-hetero) is 1. The number of carbonyl (C=O) groups excluding carboxylic acids is 2. The standard InChI is InChI=1S/C14H18N2O3/c1-9-5-6-11(10(2)17)7-12(9)8-13(16-19-4)14(18)15-3/h5-7H,8H2,1-4H3,(H,15,18). The molecule has 0 radical (unpaired) electrons. The number of nitrogens with zero attached hydrogens (tertiary/aromatic N) is 1. The molecule has 102 valence electrons. The number of hydrogen-bond acceptors (Lipinski definition) is 4. The predicted octanol–water partition coefficient (Wildman–Crippen LogP) is 1.49. The van der Waals surface area contributed by atoms with Gasteiger partial charge in [-0.3, -0.25) is 9.59 Å². The van der Waals surface area contributed by atoms with Gasteiger partial charge < -0.3 is 10.2 Å². The minimum atomic E-state index is -0.297. The smallest absolute Gasteiger partial charge is 0.269 e. The van der Waals surface area contributed by atoms with Crippen LogP contribution in [0.3, 0.4) is 0 Å². The first-order valence-electron chi connectivity index (χ1n) is 5.92. The van der Waals surface area contributed by atoms with Gasteiger partial charge in [-0.15, -0.1) is 0 Å². The third-order valence-corrected chi connectivity index (χ3v) is 2.80. The van der Waals surface area contributed by atoms with Crippen LogP contribution >= 0.6 is 0 Å². The lowest BCUT2D eigenvalue weighted by molar-refractivity contribution is -0.114. The Balaban J connectivity index is 3.09. The Morgan fingerprint density at radius 2 is 2.05 bits per heavy atom. The van der Waals surface area contributed by atoms with Crippen LogP contribution in [0.5, 0.6) is 0 Å². The van der Waals surface area contributed by atoms with E-state index in [1.165, 1.54) is 21.1 Å². The summed E-state index contributed by atoms with van der Waals surface area (Å²) in [5, 5.41) is 6.24. The van der Waals surface area contributed by atoms with Gasteiger partial charge in [0.1, 0.15) is 12.8 Å². The molecular formula is C14H18N2O3. The third kappa shape index (κ3) is 3.91. The minimum Gasteiger partial charge on any atom is -0.399 e. The van der Waals surface area contributed by atoms with E-state index in [-0.39, 0.29) is 17.4 Å². The van der Waals surface area contributed by atoms with E-state index in [2.05, 4.69) is 15.3 Å². The monoisotopic (exact) mass is 262 g/mol. The molecule has 0 unspecified atom stereocenters. The van der Waals surface area contributed by atoms with Crippen LogP contribution < -0.4 is 5.32 Å². The lowest BCUT2D eigenvalue weighted by atomic mass is 9.98. The Morgan fingerprint density at radius 1 is 1.37 bits per heavy atom. The van der Waals surface area contributed by atoms with Gasteiger partial charge in [-0.25, -0.2) is 0 Å². The number of rotatable bonds is 5. The van der Waals surface area contributed by atoms with Gasteiger partial charge in [-0.05, 0) is 31.0 Å². The first-order chi connectivity index (χ1) is 8.99. The van der Waals surface area contributed by atoms with Crippen LogP contribution in [0, 0.1) is 6.92 Å². The molecule has 1 aromatic rings. The van der Waals surface area contributed by atoms with Gasteiger partial charge in [0, 0.05) is 19.0 Å². The van der Waals surface area contributed by atoms with Crippen LogP contribution in [0.4, 0.5) is 0 Å². The molecule has 19 heavy (non-hydrogen) atoms. The summed E-state index contributed by atoms with van der Waals surface area (Å²) in [6.45, 7) is 3.44. The van der Waals surface area contributed by atoms with E-state index < -0.39 is 0 Å². The van der Waals surface area contributed by atoms with E-state index >= 15 is 0 Å². The number of hydrogen-bond donors (Lipinski definition) is 1. The summed E-state index contributed by atoms with van der Waals surface area (Å²) >= 11 is 0. The molecule has 0 saturated heterocycles. The molecule has 0 spiro atoms. The molecular weight excluding hydrogens is 244 g/mol. The second kappa shape index (κ2) is 6.68. The van der Waals surface area contributed by atoms with Crippen LogP contribution in [0.25, 0.3) is 0 Å². The second-order valence-corrected chi connectivity index (χ2v) is 4.17. The van der Waals surface area contributed by atoms with Gasteiger partial charge in [0.2, 0.25) is 0 Å². The van der Waals surface area contributed by atoms with Crippen LogP contribution in [0.1, 0.15) is 28.4 Å². The van der Waals surface area contributed by atoms with Gasteiger partial charge in [0.05, 0.1) is 0 Å². The SMILES string of the molecule is CNC(=O)C(Cc1cc(C(C)=O)ccc1C)=NOC. The normalized spacial score (nSPS) is 11.1. The van der Waals surface area contributed by atoms with Crippen molar-refractivity contribution in [2.24, 2.45) is 5.16 Å². The Kier molecular flexibility index (Phi) is 5.23. The fourth-order valence-electron chi connectivity index (χ4n) is 1.67. The van der Waals surface area contributed by atoms with Crippen molar-refractivity contribution in [3.8, 4) is 0 Å². The lowest BCUT2D eigenvalue weighted by Gasteiger charge is -2.09. The Morgan fingerprint density at radius 3 is 2.58 bits per heavy atom. The highest BCUT2D eigenvalue weighted by Gasteiger charge is 2.14. The van der Waals surface area contributed by atoms with Gasteiger partial charge >= 0.3 is 0 Å². The summed E-state index contributed by atoms with van der Waals surface area (Å²) in [5.74, 6) is -0.305. The first-order valence-corrected chi connectivity index (χ1v) is 5.92. The van der Waals surface area contributed by atoms with Crippen molar-refractivity contribution in [1.82, 2.24) is 5.32 Å². The van der Waals surface area contributed by atoms with Crippen molar-refractivity contribution in [2.45, 2.75) is 20.3 Å². The third-order valence-electron chi connectivity index (χ3n) is 2.80. The fourth-order valence-corrected chi connectivity index (χ4v) is 1.67. The molecule has 0 heterocycles. The molecule has 0 aliphatic rings. The van der Waals surface area contributed by atoms with Crippen LogP contribution in [-0.2, 0) is 16.1 Å². The summed E-state index contributed by atoms with van der Waals surface area (Å²) in [6.07, 6.45) is 0.320. The van der Waals surface area contributed by atoms with E-state index in [0.717, 1.165) is 11.1 Å². The van der Waals surface area contributed by atoms with Crippen molar-refractivity contribution in [3.05, 3.63) is 34.9 Å². The quantitative estimate of drug-likeness (QED) is 0.496. The molecule has 5 heteroatoms. The summed E-state index contributed by atoms with van der Waals surface area (Å²) in [6, 6.07) is 5.42. The topological polar surface area (TPSA) is 67.8 Å². The highest BCUT2D eigenvalue weighted by Crippen LogP contribution is 2.13. The van der Waals surface area contributed by atoms with E-state index in [1.54, 1.807) is 12.1 Å². The molecule has 1 rings (SSSR count). The molecule has 0 atom stereocenters. The number of aryl methyl sites for hydroxylation is 1. The Hall–Kier alpha value is -2.17. The van der Waals surface area contributed by atoms with Gasteiger partial charge in [-0.1, -0.05) is 17.3 Å². The Bertz CT molecular complexity index is 521. The molecule has 0 fully saturated rings. The lowest BCUT2D eigenvalue weighted by Crippen LogP contribution is -2.29. The zero-order valence-corrected chi connectivity index (χ0v) is 11.6. The molecule has 0 saturated carbocycles. The number of amides is 1. The average Bonchev–Trinajstić information content (AvgIpc) is 2.39. The Labute approximate surface area is 112 Å². The van der Waals surface area contributed by atoms with Crippen LogP contribution in [-0.4, -0.2) is 31.6 Å². The zero-order chi connectivity index (χ0) is 14.4. The van der Waals surface area contributed by atoms with E-state index in [1.807, 2.05) is 13.0 Å². The van der Waals surface area contributed by atoms with Crippen molar-refractivity contribution in [3.63, 3.8) is 0 Å². The molecule has 0 aromatic heterocycles. The largest absolute Gasteiger partial charge is 0.399 e. The molecule has 1 aromatic carbocycles. The first kappa shape index (κ1) is 14.9. The highest BCUT2D eigenvalue weighted by molar-refractivity contribution is 6.39. The van der Waals surface area contributed by atoms with E-state index in [0.29, 0.717) is 12.0 Å².